The van der Waals surface area contributed by atoms with E-state index in [2.05, 4.69) is 0 Å². The minimum Gasteiger partial charge on any atom is -0.502 e. The van der Waals surface area contributed by atoms with Gasteiger partial charge >= 0.3 is 5.97 Å². The lowest BCUT2D eigenvalue weighted by Gasteiger charge is -2.49. The van der Waals surface area contributed by atoms with Crippen molar-refractivity contribution in [1.29, 1.82) is 0 Å². The summed E-state index contributed by atoms with van der Waals surface area (Å²) in [6.45, 7) is 1.77. The number of hydrogen-bond acceptors (Lipinski definition) is 8. The number of fused-ring (bicyclic) bond motifs is 4. The third-order valence-electron chi connectivity index (χ3n) is 10.5. The fraction of sp³-hybridized carbons (Fsp3) is 0.306. The summed E-state index contributed by atoms with van der Waals surface area (Å²) in [6, 6.07) is 17.6. The number of phenols is 1. The maximum absolute atomic E-state index is 14.6. The molecule has 47 heavy (non-hydrogen) atoms. The second-order valence-electron chi connectivity index (χ2n) is 12.6. The van der Waals surface area contributed by atoms with E-state index in [1.54, 1.807) is 49.4 Å². The van der Waals surface area contributed by atoms with E-state index >= 15 is 0 Å². The van der Waals surface area contributed by atoms with Crippen molar-refractivity contribution in [2.75, 3.05) is 24.0 Å². The highest BCUT2D eigenvalue weighted by Gasteiger charge is 2.67. The van der Waals surface area contributed by atoms with Crippen LogP contribution in [0.5, 0.6) is 17.2 Å². The van der Waals surface area contributed by atoms with Crippen LogP contribution < -0.4 is 19.3 Å². The Bertz CT molecular complexity index is 1880. The maximum Gasteiger partial charge on any atom is 0.335 e. The Morgan fingerprint density at radius 1 is 0.830 bits per heavy atom. The third-order valence-corrected chi connectivity index (χ3v) is 10.5. The molecule has 6 atom stereocenters. The number of para-hydroxylation sites is 1. The van der Waals surface area contributed by atoms with Crippen molar-refractivity contribution in [1.82, 2.24) is 0 Å². The van der Waals surface area contributed by atoms with Crippen LogP contribution in [0.4, 0.5) is 11.4 Å². The topological polar surface area (TPSA) is 151 Å². The zero-order valence-corrected chi connectivity index (χ0v) is 25.9. The summed E-state index contributed by atoms with van der Waals surface area (Å²) in [4.78, 5) is 71.0. The van der Waals surface area contributed by atoms with Gasteiger partial charge in [-0.3, -0.25) is 24.1 Å². The number of methoxy groups -OCH3 is 2. The summed E-state index contributed by atoms with van der Waals surface area (Å²) < 4.78 is 10.9. The predicted molar refractivity (Wildman–Crippen MR) is 168 cm³/mol. The van der Waals surface area contributed by atoms with Gasteiger partial charge < -0.3 is 19.7 Å². The first-order valence-corrected chi connectivity index (χ1v) is 15.3. The number of carbonyl (C=O) groups is 5. The second-order valence-corrected chi connectivity index (χ2v) is 12.6. The molecule has 2 aliphatic heterocycles. The van der Waals surface area contributed by atoms with Crippen LogP contribution in [0, 0.1) is 29.1 Å². The number of ether oxygens (including phenoxy) is 2. The van der Waals surface area contributed by atoms with Crippen molar-refractivity contribution in [2.24, 2.45) is 29.1 Å². The number of benzene rings is 3. The Morgan fingerprint density at radius 2 is 1.49 bits per heavy atom. The number of nitrogens with zero attached hydrogens (tertiary/aromatic N) is 2. The Balaban J connectivity index is 1.39. The average Bonchev–Trinajstić information content (AvgIpc) is 3.44. The highest BCUT2D eigenvalue weighted by Crippen LogP contribution is 2.64. The quantitative estimate of drug-likeness (QED) is 0.294. The zero-order chi connectivity index (χ0) is 33.4. The lowest BCUT2D eigenvalue weighted by molar-refractivity contribution is -0.131. The van der Waals surface area contributed by atoms with E-state index < -0.39 is 64.6 Å². The molecule has 3 aromatic carbocycles. The average molecular weight is 637 g/mol. The minimum absolute atomic E-state index is 0.0587. The second kappa shape index (κ2) is 10.8. The number of imide groups is 2. The molecule has 2 aliphatic carbocycles. The van der Waals surface area contributed by atoms with Crippen LogP contribution in [-0.4, -0.2) is 54.0 Å². The number of amides is 4. The van der Waals surface area contributed by atoms with Gasteiger partial charge in [0.1, 0.15) is 0 Å². The molecule has 2 saturated heterocycles. The standard InChI is InChI=1S/C36H32N2O9/c1-36-25(32(41)38(35(36)45)20-9-5-4-6-10-20)17-24-22(29(36)19-15-26(46-2)30(39)27(16-19)47-3)12-13-23-28(24)33(42)37(31(23)40)21-11-7-8-18(14-21)34(43)44/h4-12,14-16,23-25,28-29,39H,13,17H2,1-3H3,(H,43,44)/t23-,24+,25-,28-,29-,36+/m0/s1. The summed E-state index contributed by atoms with van der Waals surface area (Å²) in [5.74, 6) is -6.61. The summed E-state index contributed by atoms with van der Waals surface area (Å²) >= 11 is 0. The van der Waals surface area contributed by atoms with Gasteiger partial charge in [-0.15, -0.1) is 0 Å². The van der Waals surface area contributed by atoms with Crippen molar-refractivity contribution in [3.63, 3.8) is 0 Å². The normalized spacial score (nSPS) is 28.1. The molecule has 2 heterocycles. The minimum atomic E-state index is -1.30. The first-order chi connectivity index (χ1) is 22.5. The summed E-state index contributed by atoms with van der Waals surface area (Å²) in [5, 5.41) is 20.3. The number of hydrogen-bond donors (Lipinski definition) is 2. The van der Waals surface area contributed by atoms with E-state index in [-0.39, 0.29) is 41.3 Å². The molecule has 3 fully saturated rings. The molecule has 7 rings (SSSR count). The number of aromatic hydroxyl groups is 1. The summed E-state index contributed by atoms with van der Waals surface area (Å²) in [5.41, 5.74) is 0.551. The molecule has 11 heteroatoms. The molecule has 0 bridgehead atoms. The van der Waals surface area contributed by atoms with Crippen LogP contribution in [0.25, 0.3) is 0 Å². The first kappa shape index (κ1) is 30.2. The van der Waals surface area contributed by atoms with Crippen molar-refractivity contribution >= 4 is 41.0 Å². The smallest absolute Gasteiger partial charge is 0.335 e. The van der Waals surface area contributed by atoms with Gasteiger partial charge in [0.05, 0.1) is 54.3 Å². The largest absolute Gasteiger partial charge is 0.502 e. The molecule has 4 aliphatic rings. The number of phenolic OH excluding ortho intramolecular Hbond substituents is 1. The van der Waals surface area contributed by atoms with Crippen LogP contribution in [0.3, 0.4) is 0 Å². The lowest BCUT2D eigenvalue weighted by atomic mass is 9.51. The molecule has 240 valence electrons. The van der Waals surface area contributed by atoms with Gasteiger partial charge in [0.15, 0.2) is 11.5 Å². The van der Waals surface area contributed by atoms with E-state index in [1.807, 2.05) is 6.08 Å². The van der Waals surface area contributed by atoms with Gasteiger partial charge in [-0.1, -0.05) is 35.9 Å². The predicted octanol–water partition coefficient (Wildman–Crippen LogP) is 4.54. The fourth-order valence-electron chi connectivity index (χ4n) is 8.33. The SMILES string of the molecule is COc1cc([C@H]2C3=CC[C@@H]4C(=O)N(c5cccc(C(=O)O)c5)C(=O)[C@@H]4[C@@H]3C[C@H]3C(=O)N(c4ccccc4)C(=O)[C@@]23C)cc(OC)c1O. The van der Waals surface area contributed by atoms with Crippen LogP contribution in [-0.2, 0) is 19.2 Å². The number of anilines is 2. The highest BCUT2D eigenvalue weighted by atomic mass is 16.5. The molecule has 0 spiro atoms. The fourth-order valence-corrected chi connectivity index (χ4v) is 8.33. The van der Waals surface area contributed by atoms with Crippen LogP contribution in [0.1, 0.15) is 41.6 Å². The van der Waals surface area contributed by atoms with Crippen molar-refractivity contribution in [3.05, 3.63) is 89.5 Å². The van der Waals surface area contributed by atoms with E-state index in [0.29, 0.717) is 11.3 Å². The lowest BCUT2D eigenvalue weighted by Crippen LogP contribution is -2.48. The van der Waals surface area contributed by atoms with Crippen molar-refractivity contribution in [3.8, 4) is 17.2 Å². The molecule has 1 saturated carbocycles. The van der Waals surface area contributed by atoms with Gasteiger partial charge in [-0.2, -0.15) is 0 Å². The molecule has 0 unspecified atom stereocenters. The molecule has 0 aromatic heterocycles. The molecule has 0 radical (unpaired) electrons. The zero-order valence-electron chi connectivity index (χ0n) is 25.9. The van der Waals surface area contributed by atoms with Gasteiger partial charge in [0.25, 0.3) is 0 Å². The van der Waals surface area contributed by atoms with E-state index in [4.69, 9.17) is 9.47 Å². The van der Waals surface area contributed by atoms with E-state index in [9.17, 15) is 34.2 Å². The number of carboxylic acid groups (broad SMARTS) is 1. The molecule has 3 aromatic rings. The van der Waals surface area contributed by atoms with Gasteiger partial charge in [0.2, 0.25) is 29.4 Å². The summed E-state index contributed by atoms with van der Waals surface area (Å²) in [6.07, 6.45) is 2.28. The number of aromatic carboxylic acids is 1. The Labute approximate surface area is 270 Å². The van der Waals surface area contributed by atoms with Crippen LogP contribution in [0.15, 0.2) is 78.4 Å². The number of carbonyl (C=O) groups excluding carboxylic acids is 4. The van der Waals surface area contributed by atoms with Crippen molar-refractivity contribution in [2.45, 2.75) is 25.7 Å². The van der Waals surface area contributed by atoms with E-state index in [1.165, 1.54) is 43.4 Å². The summed E-state index contributed by atoms with van der Waals surface area (Å²) in [7, 11) is 2.80. The highest BCUT2D eigenvalue weighted by molar-refractivity contribution is 6.25. The number of rotatable bonds is 6. The van der Waals surface area contributed by atoms with Crippen LogP contribution >= 0.6 is 0 Å². The molecular formula is C36H32N2O9. The monoisotopic (exact) mass is 636 g/mol. The molecular weight excluding hydrogens is 604 g/mol. The van der Waals surface area contributed by atoms with Gasteiger partial charge in [-0.05, 0) is 73.7 Å². The molecule has 11 nitrogen and oxygen atoms in total. The van der Waals surface area contributed by atoms with E-state index in [0.717, 1.165) is 10.5 Å². The van der Waals surface area contributed by atoms with Gasteiger partial charge in [-0.25, -0.2) is 9.69 Å². The van der Waals surface area contributed by atoms with Crippen molar-refractivity contribution < 1.29 is 43.7 Å². The Morgan fingerprint density at radius 3 is 2.13 bits per heavy atom. The maximum atomic E-state index is 14.6. The number of allylic oxidation sites excluding steroid dienone is 2. The van der Waals surface area contributed by atoms with Crippen LogP contribution in [0.2, 0.25) is 0 Å². The Hall–Kier alpha value is -5.45. The first-order valence-electron chi connectivity index (χ1n) is 15.3. The Kier molecular flexibility index (Phi) is 6.96. The number of carboxylic acids is 1. The third kappa shape index (κ3) is 4.22. The van der Waals surface area contributed by atoms with Gasteiger partial charge in [0, 0.05) is 5.92 Å². The molecule has 4 amide bonds. The molecule has 2 N–H and O–H groups in total.